The van der Waals surface area contributed by atoms with Gasteiger partial charge < -0.3 is 5.32 Å². The van der Waals surface area contributed by atoms with Crippen molar-refractivity contribution in [3.05, 3.63) is 22.4 Å². The molecule has 1 heterocycles. The molecule has 0 radical (unpaired) electrons. The first kappa shape index (κ1) is 11.6. The lowest BCUT2D eigenvalue weighted by molar-refractivity contribution is 0.101. The number of hydrogen-bond acceptors (Lipinski definition) is 2. The Bertz CT molecular complexity index is 249. The zero-order valence-electron chi connectivity index (χ0n) is 8.34. The molecule has 1 aromatic rings. The van der Waals surface area contributed by atoms with Crippen molar-refractivity contribution in [2.75, 3.05) is 0 Å². The molecule has 0 aromatic carbocycles. The summed E-state index contributed by atoms with van der Waals surface area (Å²) in [7, 11) is 0. The minimum absolute atomic E-state index is 0.0913. The van der Waals surface area contributed by atoms with Gasteiger partial charge in [0.2, 0.25) is 0 Å². The number of thiophene rings is 1. The Labute approximate surface area is 87.1 Å². The lowest BCUT2D eigenvalue weighted by Crippen LogP contribution is -2.40. The van der Waals surface area contributed by atoms with Crippen LogP contribution in [-0.2, 0) is 6.42 Å². The summed E-state index contributed by atoms with van der Waals surface area (Å²) in [6.45, 7) is 3.44. The van der Waals surface area contributed by atoms with Crippen LogP contribution in [0.3, 0.4) is 0 Å². The van der Waals surface area contributed by atoms with Crippen molar-refractivity contribution in [3.8, 4) is 0 Å². The van der Waals surface area contributed by atoms with E-state index in [1.54, 1.807) is 11.3 Å². The summed E-state index contributed by atoms with van der Waals surface area (Å²) in [5, 5.41) is 6.92. The Balaban J connectivity index is 2.32. The minimum atomic E-state index is -2.29. The monoisotopic (exact) mass is 219 g/mol. The van der Waals surface area contributed by atoms with E-state index in [4.69, 9.17) is 0 Å². The Morgan fingerprint density at radius 3 is 2.64 bits per heavy atom. The second-order valence-electron chi connectivity index (χ2n) is 3.53. The van der Waals surface area contributed by atoms with Gasteiger partial charge in [-0.2, -0.15) is 11.3 Å². The Morgan fingerprint density at radius 2 is 2.14 bits per heavy atom. The number of hydrogen-bond donors (Lipinski definition) is 1. The highest BCUT2D eigenvalue weighted by molar-refractivity contribution is 7.07. The van der Waals surface area contributed by atoms with Crippen molar-refractivity contribution >= 4 is 11.3 Å². The SMILES string of the molecule is CC(Cc1ccsc1)NC(C)C(F)F. The van der Waals surface area contributed by atoms with Crippen molar-refractivity contribution in [2.24, 2.45) is 0 Å². The van der Waals surface area contributed by atoms with Gasteiger partial charge in [0, 0.05) is 6.04 Å². The zero-order chi connectivity index (χ0) is 10.6. The van der Waals surface area contributed by atoms with E-state index in [1.807, 2.05) is 23.8 Å². The van der Waals surface area contributed by atoms with E-state index in [2.05, 4.69) is 5.32 Å². The summed E-state index contributed by atoms with van der Waals surface area (Å²) in [6, 6.07) is 1.38. The quantitative estimate of drug-likeness (QED) is 0.803. The van der Waals surface area contributed by atoms with E-state index in [1.165, 1.54) is 12.5 Å². The van der Waals surface area contributed by atoms with Crippen LogP contribution < -0.4 is 5.32 Å². The molecule has 2 atom stereocenters. The topological polar surface area (TPSA) is 12.0 Å². The predicted molar refractivity (Wildman–Crippen MR) is 56.1 cm³/mol. The molecule has 0 spiro atoms. The molecule has 4 heteroatoms. The molecule has 1 rings (SSSR count). The molecular weight excluding hydrogens is 204 g/mol. The maximum Gasteiger partial charge on any atom is 0.253 e. The van der Waals surface area contributed by atoms with Gasteiger partial charge in [0.15, 0.2) is 0 Å². The van der Waals surface area contributed by atoms with Crippen LogP contribution in [0.5, 0.6) is 0 Å². The smallest absolute Gasteiger partial charge is 0.253 e. The highest BCUT2D eigenvalue weighted by Crippen LogP contribution is 2.09. The van der Waals surface area contributed by atoms with Crippen LogP contribution in [0.25, 0.3) is 0 Å². The molecule has 2 unspecified atom stereocenters. The lowest BCUT2D eigenvalue weighted by Gasteiger charge is -2.18. The van der Waals surface area contributed by atoms with Crippen LogP contribution >= 0.6 is 11.3 Å². The van der Waals surface area contributed by atoms with E-state index < -0.39 is 12.5 Å². The van der Waals surface area contributed by atoms with Crippen molar-refractivity contribution in [2.45, 2.75) is 38.8 Å². The standard InChI is InChI=1S/C10H15F2NS/c1-7(13-8(2)10(11)12)5-9-3-4-14-6-9/h3-4,6-8,10,13H,5H2,1-2H3. The molecule has 80 valence electrons. The molecule has 1 nitrogen and oxygen atoms in total. The van der Waals surface area contributed by atoms with Gasteiger partial charge in [0.05, 0.1) is 6.04 Å². The van der Waals surface area contributed by atoms with Crippen molar-refractivity contribution < 1.29 is 8.78 Å². The third kappa shape index (κ3) is 3.72. The molecule has 0 fully saturated rings. The van der Waals surface area contributed by atoms with Crippen molar-refractivity contribution in [1.29, 1.82) is 0 Å². The second-order valence-corrected chi connectivity index (χ2v) is 4.31. The van der Waals surface area contributed by atoms with Gasteiger partial charge in [0.25, 0.3) is 6.43 Å². The van der Waals surface area contributed by atoms with Gasteiger partial charge in [-0.25, -0.2) is 8.78 Å². The minimum Gasteiger partial charge on any atom is -0.306 e. The fourth-order valence-electron chi connectivity index (χ4n) is 1.34. The van der Waals surface area contributed by atoms with Crippen LogP contribution in [0.1, 0.15) is 19.4 Å². The Morgan fingerprint density at radius 1 is 1.43 bits per heavy atom. The molecule has 1 aromatic heterocycles. The van der Waals surface area contributed by atoms with Gasteiger partial charge in [-0.05, 0) is 42.7 Å². The summed E-state index contributed by atoms with van der Waals surface area (Å²) in [5.74, 6) is 0. The predicted octanol–water partition coefficient (Wildman–Crippen LogP) is 2.92. The van der Waals surface area contributed by atoms with Crippen LogP contribution in [0.2, 0.25) is 0 Å². The molecule has 0 aliphatic carbocycles. The fraction of sp³-hybridized carbons (Fsp3) is 0.600. The third-order valence-electron chi connectivity index (χ3n) is 2.05. The van der Waals surface area contributed by atoms with Crippen LogP contribution in [0.15, 0.2) is 16.8 Å². The summed E-state index contributed by atoms with van der Waals surface area (Å²) in [4.78, 5) is 0. The van der Waals surface area contributed by atoms with E-state index in [9.17, 15) is 8.78 Å². The van der Waals surface area contributed by atoms with Gasteiger partial charge in [0.1, 0.15) is 0 Å². The fourth-order valence-corrected chi connectivity index (χ4v) is 2.02. The van der Waals surface area contributed by atoms with Gasteiger partial charge in [-0.3, -0.25) is 0 Å². The Kier molecular flexibility index (Phi) is 4.48. The second kappa shape index (κ2) is 5.41. The summed E-state index contributed by atoms with van der Waals surface area (Å²) >= 11 is 1.63. The summed E-state index contributed by atoms with van der Waals surface area (Å²) in [5.41, 5.74) is 1.21. The highest BCUT2D eigenvalue weighted by Gasteiger charge is 2.16. The molecule has 0 saturated heterocycles. The first-order chi connectivity index (χ1) is 6.59. The molecule has 0 amide bonds. The molecular formula is C10H15F2NS. The van der Waals surface area contributed by atoms with Gasteiger partial charge >= 0.3 is 0 Å². The van der Waals surface area contributed by atoms with Gasteiger partial charge in [-0.1, -0.05) is 0 Å². The molecule has 0 bridgehead atoms. The zero-order valence-corrected chi connectivity index (χ0v) is 9.15. The third-order valence-corrected chi connectivity index (χ3v) is 2.78. The van der Waals surface area contributed by atoms with E-state index >= 15 is 0 Å². The number of halogens is 2. The van der Waals surface area contributed by atoms with Crippen molar-refractivity contribution in [3.63, 3.8) is 0 Å². The average Bonchev–Trinajstić information content (AvgIpc) is 2.56. The maximum absolute atomic E-state index is 12.2. The van der Waals surface area contributed by atoms with E-state index in [0.29, 0.717) is 0 Å². The highest BCUT2D eigenvalue weighted by atomic mass is 32.1. The summed E-state index contributed by atoms with van der Waals surface area (Å²) in [6.07, 6.45) is -1.49. The Hall–Kier alpha value is -0.480. The van der Waals surface area contributed by atoms with E-state index in [-0.39, 0.29) is 6.04 Å². The lowest BCUT2D eigenvalue weighted by atomic mass is 10.1. The molecule has 14 heavy (non-hydrogen) atoms. The normalized spacial score (nSPS) is 15.8. The molecule has 0 aliphatic rings. The summed E-state index contributed by atoms with van der Waals surface area (Å²) < 4.78 is 24.4. The molecule has 0 saturated carbocycles. The van der Waals surface area contributed by atoms with Gasteiger partial charge in [-0.15, -0.1) is 0 Å². The molecule has 0 aliphatic heterocycles. The van der Waals surface area contributed by atoms with Crippen LogP contribution in [-0.4, -0.2) is 18.5 Å². The first-order valence-electron chi connectivity index (χ1n) is 4.65. The van der Waals surface area contributed by atoms with E-state index in [0.717, 1.165) is 6.42 Å². The van der Waals surface area contributed by atoms with Crippen LogP contribution in [0.4, 0.5) is 8.78 Å². The van der Waals surface area contributed by atoms with Crippen LogP contribution in [0, 0.1) is 0 Å². The maximum atomic E-state index is 12.2. The largest absolute Gasteiger partial charge is 0.306 e. The molecule has 1 N–H and O–H groups in total. The number of alkyl halides is 2. The number of nitrogens with one attached hydrogen (secondary N) is 1. The van der Waals surface area contributed by atoms with Crippen molar-refractivity contribution in [1.82, 2.24) is 5.32 Å². The first-order valence-corrected chi connectivity index (χ1v) is 5.59. The average molecular weight is 219 g/mol. The number of rotatable bonds is 5.